The predicted molar refractivity (Wildman–Crippen MR) is 133 cm³/mol. The molecule has 0 aliphatic heterocycles. The van der Waals surface area contributed by atoms with E-state index >= 15 is 0 Å². The molecule has 2 heterocycles. The molecule has 2 aromatic carbocycles. The summed E-state index contributed by atoms with van der Waals surface area (Å²) in [7, 11) is -1.49. The Morgan fingerprint density at radius 2 is 1.72 bits per heavy atom. The van der Waals surface area contributed by atoms with Crippen LogP contribution in [0.3, 0.4) is 0 Å². The number of halogens is 1. The number of aromatic carboxylic acids is 1. The van der Waals surface area contributed by atoms with Gasteiger partial charge in [-0.3, -0.25) is 0 Å². The van der Waals surface area contributed by atoms with E-state index < -0.39 is 26.2 Å². The fraction of sp³-hybridized carbons (Fsp3) is 0.208. The van der Waals surface area contributed by atoms with Gasteiger partial charge in [0.15, 0.2) is 21.2 Å². The van der Waals surface area contributed by atoms with Crippen molar-refractivity contribution in [1.29, 1.82) is 0 Å². The number of hydrogen-bond acceptors (Lipinski definition) is 7. The number of carboxylic acid groups (broad SMARTS) is 1. The standard InChI is InChI=1S/C24H22ClN3O7S/c1-24(2,13-8-6-5-7-9-13)36(32,33)19-12-16(14(25)10-17(19)34-3)28-21-20(27-23(28)31)18(35-4)11-15(26-21)22(29)30/h5-12H,1-4H3,(H,27,31)(H,29,30). The summed E-state index contributed by atoms with van der Waals surface area (Å²) < 4.78 is 38.1. The van der Waals surface area contributed by atoms with E-state index in [4.69, 9.17) is 21.1 Å². The van der Waals surface area contributed by atoms with Gasteiger partial charge in [0.2, 0.25) is 0 Å². The van der Waals surface area contributed by atoms with Crippen molar-refractivity contribution in [3.05, 3.63) is 75.3 Å². The van der Waals surface area contributed by atoms with Crippen molar-refractivity contribution < 1.29 is 27.8 Å². The Morgan fingerprint density at radius 1 is 1.08 bits per heavy atom. The van der Waals surface area contributed by atoms with Crippen LogP contribution in [-0.2, 0) is 14.6 Å². The molecular weight excluding hydrogens is 510 g/mol. The molecule has 0 unspecified atom stereocenters. The lowest BCUT2D eigenvalue weighted by Gasteiger charge is -2.27. The zero-order chi connectivity index (χ0) is 26.4. The molecule has 0 atom stereocenters. The minimum absolute atomic E-state index is 0.0163. The average molecular weight is 532 g/mol. The quantitative estimate of drug-likeness (QED) is 0.367. The van der Waals surface area contributed by atoms with E-state index in [9.17, 15) is 23.1 Å². The lowest BCUT2D eigenvalue weighted by atomic mass is 10.0. The Balaban J connectivity index is 2.04. The molecule has 10 nitrogen and oxygen atoms in total. The van der Waals surface area contributed by atoms with Gasteiger partial charge in [0.05, 0.1) is 29.7 Å². The Kier molecular flexibility index (Phi) is 6.31. The van der Waals surface area contributed by atoms with Crippen LogP contribution in [0.15, 0.2) is 58.2 Å². The maximum absolute atomic E-state index is 13.9. The highest BCUT2D eigenvalue weighted by atomic mass is 35.5. The maximum Gasteiger partial charge on any atom is 0.354 e. The van der Waals surface area contributed by atoms with Crippen LogP contribution < -0.4 is 15.2 Å². The van der Waals surface area contributed by atoms with Crippen molar-refractivity contribution in [3.8, 4) is 17.2 Å². The second kappa shape index (κ2) is 8.99. The second-order valence-electron chi connectivity index (χ2n) is 8.31. The van der Waals surface area contributed by atoms with Crippen LogP contribution in [0.2, 0.25) is 5.02 Å². The first-order valence-corrected chi connectivity index (χ1v) is 12.4. The molecule has 0 aliphatic rings. The summed E-state index contributed by atoms with van der Waals surface area (Å²) in [6.45, 7) is 3.13. The first kappa shape index (κ1) is 25.3. The summed E-state index contributed by atoms with van der Waals surface area (Å²) in [5.74, 6) is -1.29. The highest BCUT2D eigenvalue weighted by Crippen LogP contribution is 2.41. The highest BCUT2D eigenvalue weighted by molar-refractivity contribution is 7.92. The number of carboxylic acids is 1. The molecule has 188 valence electrons. The van der Waals surface area contributed by atoms with E-state index in [2.05, 4.69) is 9.97 Å². The van der Waals surface area contributed by atoms with Gasteiger partial charge in [-0.2, -0.15) is 0 Å². The van der Waals surface area contributed by atoms with Gasteiger partial charge in [-0.1, -0.05) is 41.9 Å². The van der Waals surface area contributed by atoms with Crippen LogP contribution in [0.4, 0.5) is 0 Å². The van der Waals surface area contributed by atoms with Crippen molar-refractivity contribution >= 4 is 38.6 Å². The minimum Gasteiger partial charge on any atom is -0.495 e. The predicted octanol–water partition coefficient (Wildman–Crippen LogP) is 3.79. The molecule has 0 saturated carbocycles. The SMILES string of the molecule is COc1cc(Cl)c(-n2c(=O)[nH]c3c(OC)cc(C(=O)O)nc32)cc1S(=O)(=O)C(C)(C)c1ccccc1. The third kappa shape index (κ3) is 3.90. The molecule has 0 amide bonds. The minimum atomic E-state index is -4.11. The first-order valence-electron chi connectivity index (χ1n) is 10.5. The van der Waals surface area contributed by atoms with Crippen molar-refractivity contribution in [2.24, 2.45) is 0 Å². The van der Waals surface area contributed by atoms with Gasteiger partial charge in [0.25, 0.3) is 0 Å². The molecule has 12 heteroatoms. The van der Waals surface area contributed by atoms with E-state index in [-0.39, 0.29) is 44.0 Å². The molecule has 0 saturated heterocycles. The Morgan fingerprint density at radius 3 is 2.31 bits per heavy atom. The lowest BCUT2D eigenvalue weighted by molar-refractivity contribution is 0.0690. The van der Waals surface area contributed by atoms with Gasteiger partial charge in [-0.05, 0) is 25.5 Å². The highest BCUT2D eigenvalue weighted by Gasteiger charge is 2.40. The van der Waals surface area contributed by atoms with Gasteiger partial charge in [-0.25, -0.2) is 27.6 Å². The molecule has 4 rings (SSSR count). The molecule has 0 spiro atoms. The number of pyridine rings is 1. The topological polar surface area (TPSA) is 141 Å². The number of aromatic nitrogens is 3. The number of benzene rings is 2. The van der Waals surface area contributed by atoms with Gasteiger partial charge in [-0.15, -0.1) is 0 Å². The van der Waals surface area contributed by atoms with Crippen molar-refractivity contribution in [1.82, 2.24) is 14.5 Å². The van der Waals surface area contributed by atoms with Crippen LogP contribution >= 0.6 is 11.6 Å². The zero-order valence-electron chi connectivity index (χ0n) is 19.7. The average Bonchev–Trinajstić information content (AvgIpc) is 3.18. The van der Waals surface area contributed by atoms with E-state index in [1.54, 1.807) is 44.2 Å². The van der Waals surface area contributed by atoms with Crippen molar-refractivity contribution in [2.45, 2.75) is 23.5 Å². The lowest BCUT2D eigenvalue weighted by Crippen LogP contribution is -2.30. The van der Waals surface area contributed by atoms with Crippen LogP contribution in [0.1, 0.15) is 29.9 Å². The smallest absolute Gasteiger partial charge is 0.354 e. The number of imidazole rings is 1. The molecule has 2 aromatic heterocycles. The van der Waals surface area contributed by atoms with Crippen LogP contribution in [0, 0.1) is 0 Å². The van der Waals surface area contributed by atoms with E-state index in [1.165, 1.54) is 32.4 Å². The molecule has 36 heavy (non-hydrogen) atoms. The third-order valence-electron chi connectivity index (χ3n) is 5.95. The van der Waals surface area contributed by atoms with Crippen LogP contribution in [0.25, 0.3) is 16.9 Å². The van der Waals surface area contributed by atoms with Crippen LogP contribution in [-0.4, -0.2) is 48.2 Å². The van der Waals surface area contributed by atoms with Crippen LogP contribution in [0.5, 0.6) is 11.5 Å². The fourth-order valence-electron chi connectivity index (χ4n) is 3.88. The zero-order valence-corrected chi connectivity index (χ0v) is 21.3. The number of ether oxygens (including phenoxy) is 2. The molecule has 2 N–H and O–H groups in total. The number of H-pyrrole nitrogens is 1. The first-order chi connectivity index (χ1) is 16.9. The van der Waals surface area contributed by atoms with Crippen molar-refractivity contribution in [2.75, 3.05) is 14.2 Å². The second-order valence-corrected chi connectivity index (χ2v) is 11.2. The number of carbonyl (C=O) groups is 1. The Bertz CT molecular complexity index is 1660. The van der Waals surface area contributed by atoms with Gasteiger partial charge < -0.3 is 19.6 Å². The number of methoxy groups -OCH3 is 2. The molecule has 0 bridgehead atoms. The molecule has 4 aromatic rings. The van der Waals surface area contributed by atoms with E-state index in [0.717, 1.165) is 4.57 Å². The summed E-state index contributed by atoms with van der Waals surface area (Å²) in [4.78, 5) is 31.0. The molecule has 0 radical (unpaired) electrons. The fourth-order valence-corrected chi connectivity index (χ4v) is 5.78. The maximum atomic E-state index is 13.9. The van der Waals surface area contributed by atoms with Gasteiger partial charge in [0.1, 0.15) is 21.9 Å². The van der Waals surface area contributed by atoms with Gasteiger partial charge in [0, 0.05) is 12.1 Å². The summed E-state index contributed by atoms with van der Waals surface area (Å²) in [5.41, 5.74) is -0.577. The summed E-state index contributed by atoms with van der Waals surface area (Å²) in [5, 5.41) is 9.45. The number of aromatic amines is 1. The Labute approximate surface area is 211 Å². The summed E-state index contributed by atoms with van der Waals surface area (Å²) in [6, 6.07) is 12.3. The van der Waals surface area contributed by atoms with Crippen molar-refractivity contribution in [3.63, 3.8) is 0 Å². The number of sulfone groups is 1. The summed E-state index contributed by atoms with van der Waals surface area (Å²) >= 11 is 6.48. The van der Waals surface area contributed by atoms with E-state index in [0.29, 0.717) is 5.56 Å². The summed E-state index contributed by atoms with van der Waals surface area (Å²) in [6.07, 6.45) is 0. The largest absolute Gasteiger partial charge is 0.495 e. The number of nitrogens with one attached hydrogen (secondary N) is 1. The number of rotatable bonds is 7. The van der Waals surface area contributed by atoms with Gasteiger partial charge >= 0.3 is 11.7 Å². The molecule has 0 aliphatic carbocycles. The third-order valence-corrected chi connectivity index (χ3v) is 8.73. The molecule has 0 fully saturated rings. The number of fused-ring (bicyclic) bond motifs is 1. The monoisotopic (exact) mass is 531 g/mol. The Hall–Kier alpha value is -3.83. The van der Waals surface area contributed by atoms with E-state index in [1.807, 2.05) is 0 Å². The normalized spacial score (nSPS) is 12.0. The molecular formula is C24H22ClN3O7S. The number of hydrogen-bond donors (Lipinski definition) is 2. The number of nitrogens with zero attached hydrogens (tertiary/aromatic N) is 2.